The van der Waals surface area contributed by atoms with Gasteiger partial charge >= 0.3 is 12.1 Å². The summed E-state index contributed by atoms with van der Waals surface area (Å²) in [6.07, 6.45) is -3.47. The Morgan fingerprint density at radius 2 is 2.12 bits per heavy atom. The van der Waals surface area contributed by atoms with Gasteiger partial charge in [-0.1, -0.05) is 0 Å². The second kappa shape index (κ2) is 3.47. The van der Waals surface area contributed by atoms with Crippen LogP contribution in [0.2, 0.25) is 0 Å². The van der Waals surface area contributed by atoms with E-state index in [1.165, 1.54) is 19.1 Å². The Labute approximate surface area is 93.3 Å². The van der Waals surface area contributed by atoms with E-state index < -0.39 is 18.0 Å². The molecule has 0 radical (unpaired) electrons. The largest absolute Gasteiger partial charge is 0.478 e. The fourth-order valence-electron chi connectivity index (χ4n) is 1.69. The molecule has 0 amide bonds. The second-order valence-corrected chi connectivity index (χ2v) is 3.46. The van der Waals surface area contributed by atoms with Crippen molar-refractivity contribution in [2.24, 2.45) is 0 Å². The molecule has 0 saturated carbocycles. The molecule has 0 aliphatic rings. The molecule has 1 N–H and O–H groups in total. The Kier molecular flexibility index (Phi) is 2.34. The monoisotopic (exact) mass is 244 g/mol. The highest BCUT2D eigenvalue weighted by atomic mass is 19.4. The molecule has 0 aliphatic carbocycles. The minimum Gasteiger partial charge on any atom is -0.478 e. The molecule has 0 spiro atoms. The van der Waals surface area contributed by atoms with Gasteiger partial charge in [-0.3, -0.25) is 4.40 Å². The fourth-order valence-corrected chi connectivity index (χ4v) is 1.69. The Morgan fingerprint density at radius 1 is 1.47 bits per heavy atom. The number of rotatable bonds is 1. The van der Waals surface area contributed by atoms with Crippen LogP contribution in [0.25, 0.3) is 5.52 Å². The van der Waals surface area contributed by atoms with Gasteiger partial charge < -0.3 is 5.11 Å². The van der Waals surface area contributed by atoms with Crippen molar-refractivity contribution in [2.75, 3.05) is 0 Å². The molecule has 0 fully saturated rings. The van der Waals surface area contributed by atoms with Gasteiger partial charge in [0, 0.05) is 6.20 Å². The van der Waals surface area contributed by atoms with Crippen LogP contribution in [0.15, 0.2) is 18.3 Å². The number of imidazole rings is 1. The van der Waals surface area contributed by atoms with Gasteiger partial charge in [-0.15, -0.1) is 0 Å². The zero-order valence-corrected chi connectivity index (χ0v) is 8.62. The van der Waals surface area contributed by atoms with Crippen molar-refractivity contribution < 1.29 is 23.1 Å². The number of hydrogen-bond acceptors (Lipinski definition) is 2. The van der Waals surface area contributed by atoms with Crippen molar-refractivity contribution in [3.63, 3.8) is 0 Å². The molecule has 0 aromatic carbocycles. The van der Waals surface area contributed by atoms with Gasteiger partial charge in [-0.2, -0.15) is 13.2 Å². The van der Waals surface area contributed by atoms with E-state index in [4.69, 9.17) is 5.11 Å². The molecule has 90 valence electrons. The number of aromatic carboxylic acids is 1. The maximum atomic E-state index is 12.6. The van der Waals surface area contributed by atoms with Gasteiger partial charge in [0.15, 0.2) is 0 Å². The average Bonchev–Trinajstić information content (AvgIpc) is 2.56. The number of carboxylic acids is 1. The Hall–Kier alpha value is -2.05. The van der Waals surface area contributed by atoms with E-state index in [1.807, 2.05) is 0 Å². The van der Waals surface area contributed by atoms with Gasteiger partial charge in [-0.25, -0.2) is 9.78 Å². The minimum atomic E-state index is -4.62. The molecule has 4 nitrogen and oxygen atoms in total. The molecule has 2 heterocycles. The van der Waals surface area contributed by atoms with Crippen LogP contribution >= 0.6 is 0 Å². The third kappa shape index (κ3) is 1.73. The van der Waals surface area contributed by atoms with E-state index in [2.05, 4.69) is 4.98 Å². The van der Waals surface area contributed by atoms with Gasteiger partial charge in [0.2, 0.25) is 5.82 Å². The number of fused-ring (bicyclic) bond motifs is 1. The molecule has 17 heavy (non-hydrogen) atoms. The molecule has 2 aromatic heterocycles. The van der Waals surface area contributed by atoms with E-state index in [9.17, 15) is 18.0 Å². The van der Waals surface area contributed by atoms with Crippen molar-refractivity contribution >= 4 is 11.5 Å². The molecular weight excluding hydrogens is 237 g/mol. The predicted molar refractivity (Wildman–Crippen MR) is 51.9 cm³/mol. The van der Waals surface area contributed by atoms with Crippen molar-refractivity contribution in [3.05, 3.63) is 35.4 Å². The number of carbonyl (C=O) groups is 1. The summed E-state index contributed by atoms with van der Waals surface area (Å²) in [5.74, 6) is -2.40. The lowest BCUT2D eigenvalue weighted by Gasteiger charge is -2.05. The summed E-state index contributed by atoms with van der Waals surface area (Å²) in [6.45, 7) is 1.34. The molecule has 2 rings (SSSR count). The Morgan fingerprint density at radius 3 is 2.65 bits per heavy atom. The molecule has 0 aliphatic heterocycles. The summed E-state index contributed by atoms with van der Waals surface area (Å²) >= 11 is 0. The van der Waals surface area contributed by atoms with E-state index in [0.717, 1.165) is 10.6 Å². The third-order valence-corrected chi connectivity index (χ3v) is 2.32. The van der Waals surface area contributed by atoms with Crippen LogP contribution in [0, 0.1) is 6.92 Å². The van der Waals surface area contributed by atoms with Crippen molar-refractivity contribution in [1.29, 1.82) is 0 Å². The second-order valence-electron chi connectivity index (χ2n) is 3.46. The van der Waals surface area contributed by atoms with Crippen LogP contribution in [0.4, 0.5) is 13.2 Å². The number of aromatic nitrogens is 2. The summed E-state index contributed by atoms with van der Waals surface area (Å²) in [5, 5.41) is 8.90. The van der Waals surface area contributed by atoms with Crippen molar-refractivity contribution in [3.8, 4) is 0 Å². The zero-order chi connectivity index (χ0) is 12.8. The molecular formula is C10H7F3N2O2. The Balaban J connectivity index is 2.87. The lowest BCUT2D eigenvalue weighted by Crippen LogP contribution is -2.11. The van der Waals surface area contributed by atoms with Crippen LogP contribution < -0.4 is 0 Å². The Bertz CT molecular complexity index is 601. The SMILES string of the molecule is Cc1nc(C(F)(F)F)n2cccc(C(=O)O)c12. The molecule has 0 bridgehead atoms. The van der Waals surface area contributed by atoms with Crippen molar-refractivity contribution in [1.82, 2.24) is 9.38 Å². The number of aryl methyl sites for hydroxylation is 1. The number of pyridine rings is 1. The number of nitrogens with zero attached hydrogens (tertiary/aromatic N) is 2. The standard InChI is InChI=1S/C10H7F3N2O2/c1-5-7-6(8(16)17)3-2-4-15(7)9(14-5)10(11,12)13/h2-4H,1H3,(H,16,17). The van der Waals surface area contributed by atoms with Gasteiger partial charge in [0.05, 0.1) is 16.8 Å². The van der Waals surface area contributed by atoms with Crippen LogP contribution in [0.1, 0.15) is 21.9 Å². The first-order valence-electron chi connectivity index (χ1n) is 4.60. The number of hydrogen-bond donors (Lipinski definition) is 1. The van der Waals surface area contributed by atoms with Gasteiger partial charge in [-0.05, 0) is 19.1 Å². The molecule has 0 unspecified atom stereocenters. The lowest BCUT2D eigenvalue weighted by atomic mass is 10.2. The highest BCUT2D eigenvalue weighted by Crippen LogP contribution is 2.30. The highest BCUT2D eigenvalue weighted by Gasteiger charge is 2.37. The smallest absolute Gasteiger partial charge is 0.450 e. The third-order valence-electron chi connectivity index (χ3n) is 2.32. The lowest BCUT2D eigenvalue weighted by molar-refractivity contribution is -0.145. The van der Waals surface area contributed by atoms with E-state index in [-0.39, 0.29) is 16.8 Å². The van der Waals surface area contributed by atoms with Crippen molar-refractivity contribution in [2.45, 2.75) is 13.1 Å². The zero-order valence-electron chi connectivity index (χ0n) is 8.62. The summed E-state index contributed by atoms with van der Waals surface area (Å²) in [4.78, 5) is 14.3. The summed E-state index contributed by atoms with van der Waals surface area (Å²) in [7, 11) is 0. The van der Waals surface area contributed by atoms with E-state index in [1.54, 1.807) is 0 Å². The van der Waals surface area contributed by atoms with Crippen LogP contribution in [0.5, 0.6) is 0 Å². The highest BCUT2D eigenvalue weighted by molar-refractivity contribution is 5.96. The number of carboxylic acid groups (broad SMARTS) is 1. The van der Waals surface area contributed by atoms with E-state index >= 15 is 0 Å². The molecule has 2 aromatic rings. The number of alkyl halides is 3. The van der Waals surface area contributed by atoms with Crippen LogP contribution in [-0.2, 0) is 6.18 Å². The maximum absolute atomic E-state index is 12.6. The first kappa shape index (κ1) is 11.4. The maximum Gasteiger partial charge on any atom is 0.450 e. The predicted octanol–water partition coefficient (Wildman–Crippen LogP) is 2.36. The molecule has 0 atom stereocenters. The van der Waals surface area contributed by atoms with Crippen LogP contribution in [-0.4, -0.2) is 20.5 Å². The quantitative estimate of drug-likeness (QED) is 0.837. The summed E-state index contributed by atoms with van der Waals surface area (Å²) in [6, 6.07) is 2.49. The normalized spacial score (nSPS) is 12.0. The van der Waals surface area contributed by atoms with E-state index in [0.29, 0.717) is 0 Å². The average molecular weight is 244 g/mol. The molecule has 7 heteroatoms. The molecule has 0 saturated heterocycles. The summed E-state index contributed by atoms with van der Waals surface area (Å²) in [5.41, 5.74) is -0.198. The number of halogens is 3. The summed E-state index contributed by atoms with van der Waals surface area (Å²) < 4.78 is 38.6. The fraction of sp³-hybridized carbons (Fsp3) is 0.200. The minimum absolute atomic E-state index is 0.0349. The van der Waals surface area contributed by atoms with Crippen LogP contribution in [0.3, 0.4) is 0 Å². The van der Waals surface area contributed by atoms with Gasteiger partial charge in [0.1, 0.15) is 0 Å². The topological polar surface area (TPSA) is 54.6 Å². The first-order chi connectivity index (χ1) is 7.82. The first-order valence-corrected chi connectivity index (χ1v) is 4.60. The van der Waals surface area contributed by atoms with Gasteiger partial charge in [0.25, 0.3) is 0 Å².